The Kier molecular flexibility index (Phi) is 6.92. The molecule has 0 rings (SSSR count). The first-order valence-corrected chi connectivity index (χ1v) is 5.42. The molecule has 2 heteroatoms. The van der Waals surface area contributed by atoms with Crippen molar-refractivity contribution in [2.24, 2.45) is 5.92 Å². The largest absolute Gasteiger partial charge is 0.497 e. The smallest absolute Gasteiger partial charge is 0.106 e. The van der Waals surface area contributed by atoms with Crippen LogP contribution in [0.5, 0.6) is 0 Å². The van der Waals surface area contributed by atoms with Gasteiger partial charge in [0.25, 0.3) is 0 Å². The van der Waals surface area contributed by atoms with Crippen LogP contribution in [0.3, 0.4) is 0 Å². The molecule has 0 aliphatic rings. The fourth-order valence-electron chi connectivity index (χ4n) is 1.44. The van der Waals surface area contributed by atoms with E-state index in [9.17, 15) is 0 Å². The highest BCUT2D eigenvalue weighted by atomic mass is 16.5. The zero-order chi connectivity index (χ0) is 11.0. The highest BCUT2D eigenvalue weighted by Gasteiger charge is 2.10. The van der Waals surface area contributed by atoms with E-state index in [-0.39, 0.29) is 0 Å². The molecule has 0 aromatic heterocycles. The first kappa shape index (κ1) is 13.0. The molecule has 80 valence electrons. The van der Waals surface area contributed by atoms with Gasteiger partial charge in [-0.2, -0.15) is 5.26 Å². The third kappa shape index (κ3) is 4.32. The first-order chi connectivity index (χ1) is 6.69. The third-order valence-corrected chi connectivity index (χ3v) is 2.57. The minimum Gasteiger partial charge on any atom is -0.497 e. The van der Waals surface area contributed by atoms with E-state index in [2.05, 4.69) is 19.9 Å². The Morgan fingerprint density at radius 2 is 1.86 bits per heavy atom. The van der Waals surface area contributed by atoms with Crippen LogP contribution < -0.4 is 0 Å². The highest BCUT2D eigenvalue weighted by Crippen LogP contribution is 2.20. The van der Waals surface area contributed by atoms with Gasteiger partial charge in [0.1, 0.15) is 5.76 Å². The van der Waals surface area contributed by atoms with Gasteiger partial charge in [-0.05, 0) is 26.2 Å². The Hall–Kier alpha value is -0.970. The van der Waals surface area contributed by atoms with Gasteiger partial charge in [0, 0.05) is 0 Å². The van der Waals surface area contributed by atoms with E-state index in [4.69, 9.17) is 10.00 Å². The van der Waals surface area contributed by atoms with Crippen LogP contribution >= 0.6 is 0 Å². The van der Waals surface area contributed by atoms with Crippen LogP contribution in [0.15, 0.2) is 11.3 Å². The van der Waals surface area contributed by atoms with Crippen molar-refractivity contribution in [3.8, 4) is 6.07 Å². The second-order valence-electron chi connectivity index (χ2n) is 3.47. The summed E-state index contributed by atoms with van der Waals surface area (Å²) in [5.74, 6) is 1.40. The Labute approximate surface area is 87.6 Å². The summed E-state index contributed by atoms with van der Waals surface area (Å²) in [4.78, 5) is 0. The lowest BCUT2D eigenvalue weighted by atomic mass is 9.94. The maximum Gasteiger partial charge on any atom is 0.106 e. The van der Waals surface area contributed by atoms with Crippen molar-refractivity contribution < 1.29 is 4.74 Å². The van der Waals surface area contributed by atoms with Crippen molar-refractivity contribution >= 4 is 0 Å². The van der Waals surface area contributed by atoms with E-state index in [1.165, 1.54) is 0 Å². The molecule has 0 aliphatic heterocycles. The van der Waals surface area contributed by atoms with E-state index in [0.717, 1.165) is 30.6 Å². The van der Waals surface area contributed by atoms with Gasteiger partial charge in [0.15, 0.2) is 0 Å². The minimum atomic E-state index is 0.611. The van der Waals surface area contributed by atoms with Gasteiger partial charge in [0.05, 0.1) is 18.2 Å². The number of rotatable bonds is 6. The number of allylic oxidation sites excluding steroid dienone is 2. The van der Waals surface area contributed by atoms with Crippen molar-refractivity contribution in [2.75, 3.05) is 6.61 Å². The van der Waals surface area contributed by atoms with Crippen molar-refractivity contribution in [2.45, 2.75) is 47.0 Å². The van der Waals surface area contributed by atoms with Gasteiger partial charge in [-0.25, -0.2) is 0 Å². The van der Waals surface area contributed by atoms with Crippen LogP contribution in [0.25, 0.3) is 0 Å². The van der Waals surface area contributed by atoms with E-state index >= 15 is 0 Å². The Morgan fingerprint density at radius 3 is 2.21 bits per heavy atom. The van der Waals surface area contributed by atoms with Crippen LogP contribution in [0.2, 0.25) is 0 Å². The van der Waals surface area contributed by atoms with E-state index < -0.39 is 0 Å². The Balaban J connectivity index is 4.42. The lowest BCUT2D eigenvalue weighted by molar-refractivity contribution is 0.226. The molecule has 0 aliphatic carbocycles. The highest BCUT2D eigenvalue weighted by molar-refractivity contribution is 5.23. The fraction of sp³-hybridized carbons (Fsp3) is 0.750. The van der Waals surface area contributed by atoms with Crippen molar-refractivity contribution in [3.05, 3.63) is 11.3 Å². The number of ether oxygens (including phenoxy) is 1. The standard InChI is InChI=1S/C12H21NO/c1-5-11(6-2)8-12(9-13)10(4)14-7-3/h11H,5-8H2,1-4H3/b12-10-. The van der Waals surface area contributed by atoms with Crippen LogP contribution in [0.1, 0.15) is 47.0 Å². The number of nitrogens with zero attached hydrogens (tertiary/aromatic N) is 1. The number of nitriles is 1. The molecule has 0 fully saturated rings. The summed E-state index contributed by atoms with van der Waals surface area (Å²) in [7, 11) is 0. The van der Waals surface area contributed by atoms with Crippen LogP contribution in [0.4, 0.5) is 0 Å². The molecule has 0 bridgehead atoms. The van der Waals surface area contributed by atoms with Crippen molar-refractivity contribution in [1.29, 1.82) is 5.26 Å². The molecular formula is C12H21NO. The van der Waals surface area contributed by atoms with Crippen molar-refractivity contribution in [3.63, 3.8) is 0 Å². The van der Waals surface area contributed by atoms with Crippen LogP contribution in [0, 0.1) is 17.2 Å². The SMILES string of the molecule is CCO/C(C)=C(\C#N)CC(CC)CC. The summed E-state index contributed by atoms with van der Waals surface area (Å²) in [6.07, 6.45) is 3.11. The molecule has 0 radical (unpaired) electrons. The molecule has 0 atom stereocenters. The molecule has 0 unspecified atom stereocenters. The average molecular weight is 195 g/mol. The van der Waals surface area contributed by atoms with Gasteiger partial charge in [-0.1, -0.05) is 26.7 Å². The molecule has 0 aromatic carbocycles. The van der Waals surface area contributed by atoms with Crippen LogP contribution in [-0.2, 0) is 4.74 Å². The number of hydrogen-bond acceptors (Lipinski definition) is 2. The summed E-state index contributed by atoms with van der Waals surface area (Å²) in [6.45, 7) is 8.79. The second kappa shape index (κ2) is 7.44. The first-order valence-electron chi connectivity index (χ1n) is 5.42. The zero-order valence-electron chi connectivity index (χ0n) is 9.76. The maximum atomic E-state index is 8.98. The van der Waals surface area contributed by atoms with E-state index in [0.29, 0.717) is 12.5 Å². The van der Waals surface area contributed by atoms with Crippen LogP contribution in [-0.4, -0.2) is 6.61 Å². The van der Waals surface area contributed by atoms with E-state index in [1.54, 1.807) is 0 Å². The van der Waals surface area contributed by atoms with Gasteiger partial charge in [0.2, 0.25) is 0 Å². The summed E-state index contributed by atoms with van der Waals surface area (Å²) in [6, 6.07) is 2.24. The summed E-state index contributed by atoms with van der Waals surface area (Å²) >= 11 is 0. The van der Waals surface area contributed by atoms with Gasteiger partial charge in [-0.15, -0.1) is 0 Å². The summed E-state index contributed by atoms with van der Waals surface area (Å²) < 4.78 is 5.34. The predicted octanol–water partition coefficient (Wildman–Crippen LogP) is 3.65. The molecule has 0 amide bonds. The third-order valence-electron chi connectivity index (χ3n) is 2.57. The van der Waals surface area contributed by atoms with E-state index in [1.807, 2.05) is 13.8 Å². The Bertz CT molecular complexity index is 221. The summed E-state index contributed by atoms with van der Waals surface area (Å²) in [5.41, 5.74) is 0.806. The molecule has 0 spiro atoms. The van der Waals surface area contributed by atoms with Gasteiger partial charge >= 0.3 is 0 Å². The fourth-order valence-corrected chi connectivity index (χ4v) is 1.44. The zero-order valence-corrected chi connectivity index (χ0v) is 9.76. The maximum absolute atomic E-state index is 8.98. The molecule has 0 heterocycles. The Morgan fingerprint density at radius 1 is 1.29 bits per heavy atom. The quantitative estimate of drug-likeness (QED) is 0.479. The topological polar surface area (TPSA) is 33.0 Å². The monoisotopic (exact) mass is 195 g/mol. The molecule has 14 heavy (non-hydrogen) atoms. The normalized spacial score (nSPS) is 12.3. The average Bonchev–Trinajstić information content (AvgIpc) is 2.20. The summed E-state index contributed by atoms with van der Waals surface area (Å²) in [5, 5.41) is 8.98. The second-order valence-corrected chi connectivity index (χ2v) is 3.47. The van der Waals surface area contributed by atoms with Crippen molar-refractivity contribution in [1.82, 2.24) is 0 Å². The lowest BCUT2D eigenvalue weighted by Gasteiger charge is -2.13. The molecule has 0 N–H and O–H groups in total. The number of hydrogen-bond donors (Lipinski definition) is 0. The molecule has 0 saturated heterocycles. The van der Waals surface area contributed by atoms with Gasteiger partial charge in [-0.3, -0.25) is 0 Å². The molecule has 0 aromatic rings. The molecule has 0 saturated carbocycles. The predicted molar refractivity (Wildman–Crippen MR) is 58.6 cm³/mol. The lowest BCUT2D eigenvalue weighted by Crippen LogP contribution is -2.01. The minimum absolute atomic E-state index is 0.611. The van der Waals surface area contributed by atoms with Gasteiger partial charge < -0.3 is 4.74 Å². The molecular weight excluding hydrogens is 174 g/mol. The molecule has 2 nitrogen and oxygen atoms in total.